The van der Waals surface area contributed by atoms with Crippen molar-refractivity contribution in [2.75, 3.05) is 10.2 Å². The number of anilines is 2. The molecule has 29 heavy (non-hydrogen) atoms. The van der Waals surface area contributed by atoms with E-state index in [-0.39, 0.29) is 41.4 Å². The Kier molecular flexibility index (Phi) is 4.10. The Morgan fingerprint density at radius 3 is 2.24 bits per heavy atom. The summed E-state index contributed by atoms with van der Waals surface area (Å²) in [5, 5.41) is 3.43. The first kappa shape index (κ1) is 18.1. The van der Waals surface area contributed by atoms with Crippen LogP contribution in [0.3, 0.4) is 0 Å². The van der Waals surface area contributed by atoms with E-state index in [1.807, 2.05) is 6.92 Å². The summed E-state index contributed by atoms with van der Waals surface area (Å²) in [6.45, 7) is 1.84. The Morgan fingerprint density at radius 2 is 1.62 bits per heavy atom. The van der Waals surface area contributed by atoms with Crippen molar-refractivity contribution in [1.29, 1.82) is 0 Å². The second-order valence-electron chi connectivity index (χ2n) is 7.93. The van der Waals surface area contributed by atoms with Crippen molar-refractivity contribution >= 4 is 40.7 Å². The van der Waals surface area contributed by atoms with Crippen LogP contribution in [-0.2, 0) is 9.59 Å². The Balaban J connectivity index is 1.36. The highest BCUT2D eigenvalue weighted by Gasteiger charge is 2.59. The quantitative estimate of drug-likeness (QED) is 0.613. The standard InChI is InChI=1S/C23H19ClN2O3/c1-12-17(24)3-2-4-18(12)25-21(27)13-7-9-16(10-8-13)26-22(28)19-14-5-6-15(11-14)20(19)23(26)29/h2-10,14-15,19-20H,11H2,1H3,(H,25,27)/t14-,15-,19-,20-/m0/s1. The molecule has 2 aliphatic carbocycles. The number of allylic oxidation sites excluding steroid dienone is 2. The molecule has 1 aliphatic heterocycles. The molecular formula is C23H19ClN2O3. The monoisotopic (exact) mass is 406 g/mol. The molecule has 0 unspecified atom stereocenters. The fraction of sp³-hybridized carbons (Fsp3) is 0.261. The van der Waals surface area contributed by atoms with Gasteiger partial charge in [0.05, 0.1) is 17.5 Å². The van der Waals surface area contributed by atoms with Gasteiger partial charge in [0.2, 0.25) is 11.8 Å². The van der Waals surface area contributed by atoms with Crippen LogP contribution in [0.4, 0.5) is 11.4 Å². The molecule has 4 atom stereocenters. The molecule has 2 aromatic rings. The summed E-state index contributed by atoms with van der Waals surface area (Å²) in [4.78, 5) is 39.7. The number of hydrogen-bond donors (Lipinski definition) is 1. The average Bonchev–Trinajstić information content (AvgIpc) is 3.39. The van der Waals surface area contributed by atoms with Gasteiger partial charge < -0.3 is 5.32 Å². The minimum absolute atomic E-state index is 0.122. The molecule has 0 radical (unpaired) electrons. The first-order valence-electron chi connectivity index (χ1n) is 9.68. The van der Waals surface area contributed by atoms with Crippen molar-refractivity contribution in [3.05, 3.63) is 70.8 Å². The van der Waals surface area contributed by atoms with E-state index in [2.05, 4.69) is 17.5 Å². The van der Waals surface area contributed by atoms with Gasteiger partial charge in [-0.25, -0.2) is 0 Å². The van der Waals surface area contributed by atoms with E-state index < -0.39 is 0 Å². The lowest BCUT2D eigenvalue weighted by molar-refractivity contribution is -0.123. The predicted molar refractivity (Wildman–Crippen MR) is 111 cm³/mol. The first-order valence-corrected chi connectivity index (χ1v) is 10.1. The lowest BCUT2D eigenvalue weighted by Crippen LogP contribution is -2.32. The van der Waals surface area contributed by atoms with E-state index in [9.17, 15) is 14.4 Å². The molecule has 0 spiro atoms. The minimum atomic E-state index is -0.278. The van der Waals surface area contributed by atoms with Crippen LogP contribution in [0.15, 0.2) is 54.6 Å². The summed E-state index contributed by atoms with van der Waals surface area (Å²) in [5.41, 5.74) is 2.40. The lowest BCUT2D eigenvalue weighted by atomic mass is 9.85. The van der Waals surface area contributed by atoms with E-state index in [1.54, 1.807) is 42.5 Å². The Morgan fingerprint density at radius 1 is 1.00 bits per heavy atom. The molecule has 1 heterocycles. The molecule has 3 aliphatic rings. The van der Waals surface area contributed by atoms with Crippen LogP contribution in [0.5, 0.6) is 0 Å². The number of halogens is 1. The van der Waals surface area contributed by atoms with Gasteiger partial charge in [0.1, 0.15) is 0 Å². The van der Waals surface area contributed by atoms with Crippen molar-refractivity contribution in [3.63, 3.8) is 0 Å². The molecule has 6 heteroatoms. The van der Waals surface area contributed by atoms with E-state index in [0.29, 0.717) is 22.0 Å². The molecule has 1 saturated heterocycles. The number of amides is 3. The third kappa shape index (κ3) is 2.72. The van der Waals surface area contributed by atoms with E-state index >= 15 is 0 Å². The van der Waals surface area contributed by atoms with E-state index in [0.717, 1.165) is 12.0 Å². The van der Waals surface area contributed by atoms with Crippen LogP contribution in [-0.4, -0.2) is 17.7 Å². The highest BCUT2D eigenvalue weighted by atomic mass is 35.5. The average molecular weight is 407 g/mol. The zero-order chi connectivity index (χ0) is 20.3. The van der Waals surface area contributed by atoms with Gasteiger partial charge in [0, 0.05) is 16.3 Å². The van der Waals surface area contributed by atoms with Crippen molar-refractivity contribution in [1.82, 2.24) is 0 Å². The maximum Gasteiger partial charge on any atom is 0.255 e. The number of hydrogen-bond acceptors (Lipinski definition) is 3. The first-order chi connectivity index (χ1) is 14.0. The van der Waals surface area contributed by atoms with Gasteiger partial charge in [-0.05, 0) is 67.1 Å². The Bertz CT molecular complexity index is 1050. The van der Waals surface area contributed by atoms with Crippen LogP contribution in [0.2, 0.25) is 5.02 Å². The van der Waals surface area contributed by atoms with E-state index in [4.69, 9.17) is 11.6 Å². The molecule has 2 fully saturated rings. The van der Waals surface area contributed by atoms with Gasteiger partial charge in [-0.3, -0.25) is 19.3 Å². The van der Waals surface area contributed by atoms with Crippen LogP contribution in [0.1, 0.15) is 22.3 Å². The SMILES string of the molecule is Cc1c(Cl)cccc1NC(=O)c1ccc(N2C(=O)[C@@H]3[C@@H](C2=O)[C@H]2C=C[C@H]3C2)cc1. The summed E-state index contributed by atoms with van der Waals surface area (Å²) in [5.74, 6) is -0.625. The summed E-state index contributed by atoms with van der Waals surface area (Å²) >= 11 is 6.10. The molecule has 3 amide bonds. The summed E-state index contributed by atoms with van der Waals surface area (Å²) in [6.07, 6.45) is 5.06. The molecule has 1 saturated carbocycles. The molecule has 2 bridgehead atoms. The van der Waals surface area contributed by atoms with Gasteiger partial charge in [0.25, 0.3) is 5.91 Å². The van der Waals surface area contributed by atoms with Gasteiger partial charge in [0.15, 0.2) is 0 Å². The number of fused-ring (bicyclic) bond motifs is 5. The number of imide groups is 1. The largest absolute Gasteiger partial charge is 0.322 e. The molecular weight excluding hydrogens is 388 g/mol. The van der Waals surface area contributed by atoms with Crippen molar-refractivity contribution in [3.8, 4) is 0 Å². The second kappa shape index (κ2) is 6.56. The number of carbonyl (C=O) groups excluding carboxylic acids is 3. The summed E-state index contributed by atoms with van der Waals surface area (Å²) < 4.78 is 0. The van der Waals surface area contributed by atoms with Crippen LogP contribution >= 0.6 is 11.6 Å². The molecule has 5 rings (SSSR count). The fourth-order valence-corrected chi connectivity index (χ4v) is 5.03. The van der Waals surface area contributed by atoms with Gasteiger partial charge >= 0.3 is 0 Å². The third-order valence-electron chi connectivity index (χ3n) is 6.37. The zero-order valence-electron chi connectivity index (χ0n) is 15.8. The maximum atomic E-state index is 12.9. The van der Waals surface area contributed by atoms with Crippen molar-refractivity contribution in [2.24, 2.45) is 23.7 Å². The Labute approximate surface area is 173 Å². The Hall–Kier alpha value is -2.92. The van der Waals surface area contributed by atoms with Crippen LogP contribution in [0, 0.1) is 30.6 Å². The molecule has 2 aromatic carbocycles. The maximum absolute atomic E-state index is 12.9. The van der Waals surface area contributed by atoms with Gasteiger partial charge in [-0.15, -0.1) is 0 Å². The van der Waals surface area contributed by atoms with Crippen molar-refractivity contribution in [2.45, 2.75) is 13.3 Å². The molecule has 1 N–H and O–H groups in total. The summed E-state index contributed by atoms with van der Waals surface area (Å²) in [6, 6.07) is 11.9. The number of carbonyl (C=O) groups is 3. The van der Waals surface area contributed by atoms with E-state index in [1.165, 1.54) is 4.90 Å². The predicted octanol–water partition coefficient (Wildman–Crippen LogP) is 4.21. The number of rotatable bonds is 3. The number of nitrogens with zero attached hydrogens (tertiary/aromatic N) is 1. The molecule has 0 aromatic heterocycles. The van der Waals surface area contributed by atoms with Crippen molar-refractivity contribution < 1.29 is 14.4 Å². The normalized spacial score (nSPS) is 26.9. The molecule has 146 valence electrons. The fourth-order valence-electron chi connectivity index (χ4n) is 4.86. The minimum Gasteiger partial charge on any atom is -0.322 e. The highest BCUT2D eigenvalue weighted by molar-refractivity contribution is 6.31. The zero-order valence-corrected chi connectivity index (χ0v) is 16.5. The molecule has 5 nitrogen and oxygen atoms in total. The number of benzene rings is 2. The topological polar surface area (TPSA) is 66.5 Å². The number of nitrogens with one attached hydrogen (secondary N) is 1. The highest BCUT2D eigenvalue weighted by Crippen LogP contribution is 2.53. The smallest absolute Gasteiger partial charge is 0.255 e. The third-order valence-corrected chi connectivity index (χ3v) is 6.78. The van der Waals surface area contributed by atoms with Gasteiger partial charge in [-0.2, -0.15) is 0 Å². The second-order valence-corrected chi connectivity index (χ2v) is 8.33. The summed E-state index contributed by atoms with van der Waals surface area (Å²) in [7, 11) is 0. The van der Waals surface area contributed by atoms with Gasteiger partial charge in [-0.1, -0.05) is 29.8 Å². The van der Waals surface area contributed by atoms with Crippen LogP contribution < -0.4 is 10.2 Å². The lowest BCUT2D eigenvalue weighted by Gasteiger charge is -2.17. The van der Waals surface area contributed by atoms with Crippen LogP contribution in [0.25, 0.3) is 0 Å².